The molecule has 38 heavy (non-hydrogen) atoms. The highest BCUT2D eigenvalue weighted by Crippen LogP contribution is 2.37. The third kappa shape index (κ3) is 7.33. The van der Waals surface area contributed by atoms with E-state index in [-0.39, 0.29) is 38.4 Å². The molecule has 0 spiro atoms. The minimum atomic E-state index is -1.17. The van der Waals surface area contributed by atoms with E-state index < -0.39 is 24.2 Å². The molecule has 0 saturated carbocycles. The largest absolute Gasteiger partial charge is 0.493 e. The van der Waals surface area contributed by atoms with Crippen molar-refractivity contribution >= 4 is 40.7 Å². The van der Waals surface area contributed by atoms with Gasteiger partial charge >= 0.3 is 0 Å². The number of ether oxygens (including phenoxy) is 2. The highest BCUT2D eigenvalue weighted by molar-refractivity contribution is 14.1. The fourth-order valence-corrected chi connectivity index (χ4v) is 5.12. The van der Waals surface area contributed by atoms with Crippen molar-refractivity contribution in [3.63, 3.8) is 0 Å². The predicted molar refractivity (Wildman–Crippen MR) is 150 cm³/mol. The summed E-state index contributed by atoms with van der Waals surface area (Å²) in [6.45, 7) is 2.01. The third-order valence-corrected chi connectivity index (χ3v) is 7.04. The molecule has 0 saturated heterocycles. The SMILES string of the molecule is CCCC(=O)N(Cc1ccccc1)[C@@H]1CC(C(=O)NCCO)=C[C@H](Oc2c(I)cc(C=O)cc2OC)[C@H]1O. The van der Waals surface area contributed by atoms with Crippen molar-refractivity contribution in [1.29, 1.82) is 0 Å². The number of aliphatic hydroxyl groups is 2. The first-order valence-corrected chi connectivity index (χ1v) is 13.5. The van der Waals surface area contributed by atoms with Crippen LogP contribution in [0, 0.1) is 3.57 Å². The van der Waals surface area contributed by atoms with Crippen molar-refractivity contribution < 1.29 is 34.1 Å². The molecule has 9 nitrogen and oxygen atoms in total. The second-order valence-corrected chi connectivity index (χ2v) is 10.1. The van der Waals surface area contributed by atoms with Crippen LogP contribution in [-0.4, -0.2) is 71.7 Å². The Morgan fingerprint density at radius 3 is 2.61 bits per heavy atom. The topological polar surface area (TPSA) is 125 Å². The van der Waals surface area contributed by atoms with Crippen LogP contribution in [-0.2, 0) is 16.1 Å². The Balaban J connectivity index is 2.03. The molecule has 10 heteroatoms. The number of benzene rings is 2. The number of aldehydes is 1. The van der Waals surface area contributed by atoms with Gasteiger partial charge in [-0.05, 0) is 52.8 Å². The van der Waals surface area contributed by atoms with Gasteiger partial charge in [-0.1, -0.05) is 37.3 Å². The summed E-state index contributed by atoms with van der Waals surface area (Å²) in [5.74, 6) is 0.0595. The summed E-state index contributed by atoms with van der Waals surface area (Å²) in [6.07, 6.45) is 1.10. The molecule has 0 aromatic heterocycles. The standard InChI is InChI=1S/C28H33IN2O7/c1-3-7-25(34)31(16-18-8-5-4-6-9-18)22-14-20(28(36)30-10-11-32)15-23(26(22)35)38-27-21(29)12-19(17-33)13-24(27)37-2/h4-6,8-9,12-13,15,17,22-23,26,32,35H,3,7,10-11,14,16H2,1-2H3,(H,30,36)/t22-,23+,26+/m1/s1. The number of aliphatic hydroxyl groups excluding tert-OH is 2. The molecular formula is C28H33IN2O7. The summed E-state index contributed by atoms with van der Waals surface area (Å²) in [5.41, 5.74) is 1.63. The van der Waals surface area contributed by atoms with Crippen LogP contribution in [0.15, 0.2) is 54.1 Å². The summed E-state index contributed by atoms with van der Waals surface area (Å²) in [7, 11) is 1.45. The van der Waals surface area contributed by atoms with Gasteiger partial charge in [0.25, 0.3) is 0 Å². The number of nitrogens with zero attached hydrogens (tertiary/aromatic N) is 1. The summed E-state index contributed by atoms with van der Waals surface area (Å²) in [6, 6.07) is 11.9. The molecule has 2 aromatic carbocycles. The molecule has 0 aliphatic heterocycles. The molecule has 2 aromatic rings. The molecule has 0 unspecified atom stereocenters. The maximum absolute atomic E-state index is 13.3. The zero-order valence-corrected chi connectivity index (χ0v) is 23.6. The second kappa shape index (κ2) is 14.3. The van der Waals surface area contributed by atoms with Gasteiger partial charge in [0.1, 0.15) is 18.5 Å². The quantitative estimate of drug-likeness (QED) is 0.242. The lowest BCUT2D eigenvalue weighted by molar-refractivity contribution is -0.139. The molecule has 3 N–H and O–H groups in total. The summed E-state index contributed by atoms with van der Waals surface area (Å²) < 4.78 is 12.3. The Kier molecular flexibility index (Phi) is 11.1. The maximum atomic E-state index is 13.3. The number of rotatable bonds is 12. The number of nitrogens with one attached hydrogen (secondary N) is 1. The molecule has 1 aliphatic carbocycles. The van der Waals surface area contributed by atoms with Crippen LogP contribution >= 0.6 is 22.6 Å². The normalized spacial score (nSPS) is 18.8. The minimum absolute atomic E-state index is 0.0658. The number of hydrogen-bond donors (Lipinski definition) is 3. The molecule has 1 aliphatic rings. The van der Waals surface area contributed by atoms with E-state index in [0.717, 1.165) is 5.56 Å². The highest BCUT2D eigenvalue weighted by Gasteiger charge is 2.40. The first-order chi connectivity index (χ1) is 18.3. The fourth-order valence-electron chi connectivity index (χ4n) is 4.37. The van der Waals surface area contributed by atoms with E-state index in [0.29, 0.717) is 38.9 Å². The molecule has 204 valence electrons. The Bertz CT molecular complexity index is 1160. The molecule has 0 fully saturated rings. The lowest BCUT2D eigenvalue weighted by atomic mass is 9.87. The van der Waals surface area contributed by atoms with Gasteiger partial charge in [-0.3, -0.25) is 14.4 Å². The zero-order chi connectivity index (χ0) is 27.7. The molecule has 3 atom stereocenters. The van der Waals surface area contributed by atoms with E-state index in [1.54, 1.807) is 17.0 Å². The molecule has 0 bridgehead atoms. The molecule has 0 radical (unpaired) electrons. The van der Waals surface area contributed by atoms with E-state index in [1.165, 1.54) is 13.2 Å². The smallest absolute Gasteiger partial charge is 0.247 e. The van der Waals surface area contributed by atoms with Gasteiger partial charge in [-0.2, -0.15) is 0 Å². The fraction of sp³-hybridized carbons (Fsp3) is 0.393. The van der Waals surface area contributed by atoms with Crippen molar-refractivity contribution in [3.8, 4) is 11.5 Å². The Morgan fingerprint density at radius 2 is 1.97 bits per heavy atom. The highest BCUT2D eigenvalue weighted by atomic mass is 127. The zero-order valence-electron chi connectivity index (χ0n) is 21.4. The van der Waals surface area contributed by atoms with Crippen molar-refractivity contribution in [2.24, 2.45) is 0 Å². The van der Waals surface area contributed by atoms with Crippen LogP contribution in [0.1, 0.15) is 42.1 Å². The number of carbonyl (C=O) groups excluding carboxylic acids is 3. The van der Waals surface area contributed by atoms with Gasteiger partial charge in [-0.15, -0.1) is 0 Å². The van der Waals surface area contributed by atoms with Gasteiger partial charge in [0, 0.05) is 37.1 Å². The molecular weight excluding hydrogens is 603 g/mol. The lowest BCUT2D eigenvalue weighted by Crippen LogP contribution is -2.54. The van der Waals surface area contributed by atoms with Gasteiger partial charge in [0.15, 0.2) is 11.5 Å². The van der Waals surface area contributed by atoms with Gasteiger partial charge < -0.3 is 29.9 Å². The average molecular weight is 636 g/mol. The monoisotopic (exact) mass is 636 g/mol. The number of halogens is 1. The van der Waals surface area contributed by atoms with Crippen LogP contribution in [0.3, 0.4) is 0 Å². The average Bonchev–Trinajstić information content (AvgIpc) is 2.93. The lowest BCUT2D eigenvalue weighted by Gasteiger charge is -2.40. The van der Waals surface area contributed by atoms with E-state index in [2.05, 4.69) is 5.32 Å². The summed E-state index contributed by atoms with van der Waals surface area (Å²) in [4.78, 5) is 39.2. The Hall–Kier alpha value is -2.96. The van der Waals surface area contributed by atoms with Crippen LogP contribution in [0.25, 0.3) is 0 Å². The second-order valence-electron chi connectivity index (χ2n) is 8.93. The van der Waals surface area contributed by atoms with Crippen LogP contribution < -0.4 is 14.8 Å². The molecule has 0 heterocycles. The van der Waals surface area contributed by atoms with Crippen molar-refractivity contribution in [2.75, 3.05) is 20.3 Å². The van der Waals surface area contributed by atoms with Gasteiger partial charge in [-0.25, -0.2) is 0 Å². The summed E-state index contributed by atoms with van der Waals surface area (Å²) >= 11 is 2.02. The van der Waals surface area contributed by atoms with Crippen molar-refractivity contribution in [1.82, 2.24) is 10.2 Å². The van der Waals surface area contributed by atoms with Gasteiger partial charge in [0.05, 0.1) is 23.3 Å². The number of carbonyl (C=O) groups is 3. The van der Waals surface area contributed by atoms with Crippen LogP contribution in [0.4, 0.5) is 0 Å². The van der Waals surface area contributed by atoms with Gasteiger partial charge in [0.2, 0.25) is 11.8 Å². The first kappa shape index (κ1) is 29.6. The molecule has 3 rings (SSSR count). The minimum Gasteiger partial charge on any atom is -0.493 e. The Morgan fingerprint density at radius 1 is 1.24 bits per heavy atom. The third-order valence-electron chi connectivity index (χ3n) is 6.24. The van der Waals surface area contributed by atoms with E-state index in [4.69, 9.17) is 9.47 Å². The summed E-state index contributed by atoms with van der Waals surface area (Å²) in [5, 5.41) is 23.4. The van der Waals surface area contributed by atoms with Crippen LogP contribution in [0.5, 0.6) is 11.5 Å². The van der Waals surface area contributed by atoms with Crippen molar-refractivity contribution in [2.45, 2.75) is 51.0 Å². The predicted octanol–water partition coefficient (Wildman–Crippen LogP) is 2.86. The number of methoxy groups -OCH3 is 1. The van der Waals surface area contributed by atoms with Crippen molar-refractivity contribution in [3.05, 3.63) is 68.8 Å². The van der Waals surface area contributed by atoms with E-state index in [9.17, 15) is 24.6 Å². The number of amides is 2. The number of hydrogen-bond acceptors (Lipinski definition) is 7. The van der Waals surface area contributed by atoms with Crippen LogP contribution in [0.2, 0.25) is 0 Å². The molecule has 2 amide bonds. The first-order valence-electron chi connectivity index (χ1n) is 12.4. The maximum Gasteiger partial charge on any atom is 0.247 e. The Labute approximate surface area is 236 Å². The van der Waals surface area contributed by atoms with E-state index >= 15 is 0 Å². The van der Waals surface area contributed by atoms with E-state index in [1.807, 2.05) is 59.8 Å².